The van der Waals surface area contributed by atoms with Gasteiger partial charge in [0.15, 0.2) is 5.75 Å². The van der Waals surface area contributed by atoms with Crippen LogP contribution in [0.3, 0.4) is 0 Å². The van der Waals surface area contributed by atoms with Crippen LogP contribution in [0, 0.1) is 0 Å². The SMILES string of the molecule is O=C(NOc1ccccc1)c1ccccc1Nc1ccc2c(/C=C/c3ccccn3)n[nH]c2c1. The average Bonchev–Trinajstić information content (AvgIpc) is 3.30. The van der Waals surface area contributed by atoms with E-state index >= 15 is 0 Å². The van der Waals surface area contributed by atoms with Crippen LogP contribution in [0.2, 0.25) is 0 Å². The van der Waals surface area contributed by atoms with E-state index in [0.717, 1.165) is 28.0 Å². The summed E-state index contributed by atoms with van der Waals surface area (Å²) in [5.41, 5.74) is 7.00. The molecule has 0 saturated carbocycles. The van der Waals surface area contributed by atoms with Crippen molar-refractivity contribution in [1.82, 2.24) is 20.7 Å². The first-order valence-corrected chi connectivity index (χ1v) is 10.7. The zero-order valence-electron chi connectivity index (χ0n) is 18.1. The Morgan fingerprint density at radius 2 is 1.71 bits per heavy atom. The molecule has 0 aliphatic carbocycles. The van der Waals surface area contributed by atoms with Crippen LogP contribution in [-0.2, 0) is 0 Å². The molecule has 2 heterocycles. The van der Waals surface area contributed by atoms with Crippen LogP contribution in [0.1, 0.15) is 21.7 Å². The number of fused-ring (bicyclic) bond motifs is 1. The molecule has 7 nitrogen and oxygen atoms in total. The number of hydrogen-bond donors (Lipinski definition) is 3. The number of aromatic nitrogens is 3. The maximum Gasteiger partial charge on any atom is 0.286 e. The third-order valence-corrected chi connectivity index (χ3v) is 5.15. The van der Waals surface area contributed by atoms with Gasteiger partial charge in [-0.05, 0) is 66.7 Å². The van der Waals surface area contributed by atoms with Crippen LogP contribution in [0.25, 0.3) is 23.1 Å². The number of amides is 1. The minimum absolute atomic E-state index is 0.350. The van der Waals surface area contributed by atoms with Crippen molar-refractivity contribution in [2.45, 2.75) is 0 Å². The fraction of sp³-hybridized carbons (Fsp3) is 0. The Balaban J connectivity index is 1.32. The number of nitrogens with one attached hydrogen (secondary N) is 3. The number of pyridine rings is 1. The molecule has 1 amide bonds. The third kappa shape index (κ3) is 4.78. The predicted octanol–water partition coefficient (Wildman–Crippen LogP) is 5.60. The number of hydrogen-bond acceptors (Lipinski definition) is 5. The van der Waals surface area contributed by atoms with Crippen LogP contribution in [-0.4, -0.2) is 21.1 Å². The minimum Gasteiger partial charge on any atom is -0.379 e. The predicted molar refractivity (Wildman–Crippen MR) is 134 cm³/mol. The molecule has 3 N–H and O–H groups in total. The topological polar surface area (TPSA) is 91.9 Å². The second-order valence-corrected chi connectivity index (χ2v) is 7.47. The van der Waals surface area contributed by atoms with Crippen molar-refractivity contribution in [2.75, 3.05) is 5.32 Å². The van der Waals surface area contributed by atoms with E-state index in [1.165, 1.54) is 0 Å². The second-order valence-electron chi connectivity index (χ2n) is 7.47. The number of carbonyl (C=O) groups excluding carboxylic acids is 1. The summed E-state index contributed by atoms with van der Waals surface area (Å²) in [5, 5.41) is 11.8. The number of para-hydroxylation sites is 2. The van der Waals surface area contributed by atoms with Gasteiger partial charge >= 0.3 is 0 Å². The molecule has 0 saturated heterocycles. The lowest BCUT2D eigenvalue weighted by molar-refractivity contribution is 0.0761. The number of nitrogens with zero attached hydrogens (tertiary/aromatic N) is 2. The molecule has 7 heteroatoms. The van der Waals surface area contributed by atoms with Gasteiger partial charge in [0.25, 0.3) is 5.91 Å². The van der Waals surface area contributed by atoms with E-state index in [9.17, 15) is 4.79 Å². The van der Waals surface area contributed by atoms with Crippen molar-refractivity contribution in [3.63, 3.8) is 0 Å². The lowest BCUT2D eigenvalue weighted by atomic mass is 10.1. The number of rotatable bonds is 7. The number of hydroxylamine groups is 1. The molecule has 3 aromatic carbocycles. The van der Waals surface area contributed by atoms with E-state index < -0.39 is 0 Å². The summed E-state index contributed by atoms with van der Waals surface area (Å²) in [6.45, 7) is 0. The molecule has 5 aromatic rings. The van der Waals surface area contributed by atoms with E-state index in [1.54, 1.807) is 30.5 Å². The Hall–Kier alpha value is -4.91. The smallest absolute Gasteiger partial charge is 0.286 e. The third-order valence-electron chi connectivity index (χ3n) is 5.15. The summed E-state index contributed by atoms with van der Waals surface area (Å²) in [6, 6.07) is 28.0. The van der Waals surface area contributed by atoms with Gasteiger partial charge in [-0.15, -0.1) is 0 Å². The second kappa shape index (κ2) is 9.70. The lowest BCUT2D eigenvalue weighted by Gasteiger charge is -2.12. The highest BCUT2D eigenvalue weighted by Crippen LogP contribution is 2.26. The van der Waals surface area contributed by atoms with Gasteiger partial charge in [-0.2, -0.15) is 10.6 Å². The quantitative estimate of drug-likeness (QED) is 0.283. The Labute approximate surface area is 196 Å². The van der Waals surface area contributed by atoms with Crippen LogP contribution in [0.15, 0.2) is 97.2 Å². The molecule has 0 unspecified atom stereocenters. The summed E-state index contributed by atoms with van der Waals surface area (Å²) < 4.78 is 0. The minimum atomic E-state index is -0.350. The highest BCUT2D eigenvalue weighted by Gasteiger charge is 2.12. The molecule has 0 atom stereocenters. The first-order chi connectivity index (χ1) is 16.8. The Bertz CT molecular complexity index is 1450. The largest absolute Gasteiger partial charge is 0.379 e. The summed E-state index contributed by atoms with van der Waals surface area (Å²) in [5.74, 6) is 0.204. The van der Waals surface area contributed by atoms with Crippen molar-refractivity contribution >= 4 is 40.3 Å². The molecular formula is C27H21N5O2. The molecule has 0 aliphatic rings. The van der Waals surface area contributed by atoms with E-state index in [2.05, 4.69) is 26.0 Å². The summed E-state index contributed by atoms with van der Waals surface area (Å²) in [4.78, 5) is 22.4. The van der Waals surface area contributed by atoms with Crippen LogP contribution >= 0.6 is 0 Å². The Kier molecular flexibility index (Phi) is 5.98. The molecule has 5 rings (SSSR count). The molecule has 0 fully saturated rings. The van der Waals surface area contributed by atoms with Gasteiger partial charge in [-0.25, -0.2) is 0 Å². The maximum atomic E-state index is 12.7. The van der Waals surface area contributed by atoms with Gasteiger partial charge < -0.3 is 10.2 Å². The molecule has 2 aromatic heterocycles. The molecule has 0 bridgehead atoms. The number of carbonyl (C=O) groups is 1. The molecule has 0 radical (unpaired) electrons. The fourth-order valence-corrected chi connectivity index (χ4v) is 3.48. The fourth-order valence-electron chi connectivity index (χ4n) is 3.48. The average molecular weight is 447 g/mol. The maximum absolute atomic E-state index is 12.7. The van der Waals surface area contributed by atoms with Gasteiger partial charge in [-0.1, -0.05) is 36.4 Å². The Morgan fingerprint density at radius 3 is 2.56 bits per heavy atom. The first-order valence-electron chi connectivity index (χ1n) is 10.7. The van der Waals surface area contributed by atoms with Gasteiger partial charge in [0.2, 0.25) is 0 Å². The Morgan fingerprint density at radius 1 is 0.882 bits per heavy atom. The molecular weight excluding hydrogens is 426 g/mol. The first kappa shape index (κ1) is 21.0. The summed E-state index contributed by atoms with van der Waals surface area (Å²) in [7, 11) is 0. The van der Waals surface area contributed by atoms with Gasteiger partial charge in [0.05, 0.1) is 28.2 Å². The number of anilines is 2. The summed E-state index contributed by atoms with van der Waals surface area (Å²) >= 11 is 0. The van der Waals surface area contributed by atoms with Crippen molar-refractivity contribution in [3.8, 4) is 5.75 Å². The molecule has 34 heavy (non-hydrogen) atoms. The van der Waals surface area contributed by atoms with Gasteiger partial charge in [0.1, 0.15) is 0 Å². The van der Waals surface area contributed by atoms with Gasteiger partial charge in [-0.3, -0.25) is 14.9 Å². The lowest BCUT2D eigenvalue weighted by Crippen LogP contribution is -2.27. The van der Waals surface area contributed by atoms with Crippen LogP contribution in [0.5, 0.6) is 5.75 Å². The van der Waals surface area contributed by atoms with Crippen LogP contribution in [0.4, 0.5) is 11.4 Å². The number of aromatic amines is 1. The monoisotopic (exact) mass is 447 g/mol. The van der Waals surface area contributed by atoms with E-state index in [0.29, 0.717) is 17.0 Å². The van der Waals surface area contributed by atoms with Crippen molar-refractivity contribution in [3.05, 3.63) is 114 Å². The van der Waals surface area contributed by atoms with Crippen LogP contribution < -0.4 is 15.6 Å². The van der Waals surface area contributed by atoms with Crippen molar-refractivity contribution in [1.29, 1.82) is 0 Å². The highest BCUT2D eigenvalue weighted by atomic mass is 16.7. The standard InChI is InChI=1S/C27H21N5O2/c33-27(32-34-21-9-2-1-3-10-21)23-11-4-5-12-24(23)29-20-13-15-22-25(30-31-26(22)18-20)16-14-19-8-6-7-17-28-19/h1-18,29H,(H,30,31)(H,32,33)/b16-14+. The van der Waals surface area contributed by atoms with Crippen molar-refractivity contribution in [2.24, 2.45) is 0 Å². The zero-order chi connectivity index (χ0) is 23.2. The highest BCUT2D eigenvalue weighted by molar-refractivity contribution is 6.00. The number of benzene rings is 3. The van der Waals surface area contributed by atoms with E-state index in [-0.39, 0.29) is 5.91 Å². The zero-order valence-corrected chi connectivity index (χ0v) is 18.1. The normalized spacial score (nSPS) is 10.9. The molecule has 0 spiro atoms. The van der Waals surface area contributed by atoms with Crippen molar-refractivity contribution < 1.29 is 9.63 Å². The van der Waals surface area contributed by atoms with Gasteiger partial charge in [0, 0.05) is 17.3 Å². The molecule has 166 valence electrons. The number of H-pyrrole nitrogens is 1. The summed E-state index contributed by atoms with van der Waals surface area (Å²) in [6.07, 6.45) is 5.61. The molecule has 0 aliphatic heterocycles. The van der Waals surface area contributed by atoms with E-state index in [4.69, 9.17) is 4.84 Å². The van der Waals surface area contributed by atoms with E-state index in [1.807, 2.05) is 78.9 Å².